The Balaban J connectivity index is 1.67. The van der Waals surface area contributed by atoms with Crippen molar-refractivity contribution in [1.29, 1.82) is 0 Å². The van der Waals surface area contributed by atoms with Crippen LogP contribution in [-0.4, -0.2) is 63.4 Å². The third kappa shape index (κ3) is 3.39. The maximum Gasteiger partial charge on any atom is 0.257 e. The van der Waals surface area contributed by atoms with E-state index in [0.717, 1.165) is 25.8 Å². The molecule has 0 N–H and O–H groups in total. The molecule has 0 aromatic carbocycles. The van der Waals surface area contributed by atoms with E-state index >= 15 is 0 Å². The van der Waals surface area contributed by atoms with Crippen molar-refractivity contribution in [3.05, 3.63) is 30.2 Å². The van der Waals surface area contributed by atoms with Crippen LogP contribution in [0.5, 0.6) is 0 Å². The first-order valence-corrected chi connectivity index (χ1v) is 8.34. The molecule has 0 radical (unpaired) electrons. The van der Waals surface area contributed by atoms with Gasteiger partial charge in [0.2, 0.25) is 5.91 Å². The van der Waals surface area contributed by atoms with E-state index in [9.17, 15) is 9.59 Å². The number of amides is 2. The highest BCUT2D eigenvalue weighted by Gasteiger charge is 2.26. The van der Waals surface area contributed by atoms with Crippen molar-refractivity contribution in [1.82, 2.24) is 24.4 Å². The predicted octanol–water partition coefficient (Wildman–Crippen LogP) is 1.45. The lowest BCUT2D eigenvalue weighted by Gasteiger charge is -2.33. The Morgan fingerprint density at radius 1 is 1.38 bits per heavy atom. The molecular weight excluding hydrogens is 306 g/mol. The second kappa shape index (κ2) is 6.98. The standard InChI is InChI=1S/C17H23N5O2/c1-20(2)15(23)8-7-13-5-3-9-21(11-13)17(24)14-6-4-10-22-12-18-19-16(14)22/h4,6,10,12-13H,3,5,7-9,11H2,1-2H3/t13-/m0/s1. The molecule has 1 atom stereocenters. The number of rotatable bonds is 4. The normalized spacial score (nSPS) is 17.9. The van der Waals surface area contributed by atoms with Crippen LogP contribution in [0.1, 0.15) is 36.0 Å². The van der Waals surface area contributed by atoms with Gasteiger partial charge < -0.3 is 9.80 Å². The monoisotopic (exact) mass is 329 g/mol. The molecule has 0 aliphatic carbocycles. The van der Waals surface area contributed by atoms with Crippen molar-refractivity contribution in [3.8, 4) is 0 Å². The molecule has 1 saturated heterocycles. The van der Waals surface area contributed by atoms with Gasteiger partial charge >= 0.3 is 0 Å². The van der Waals surface area contributed by atoms with Gasteiger partial charge in [-0.05, 0) is 37.3 Å². The lowest BCUT2D eigenvalue weighted by molar-refractivity contribution is -0.129. The summed E-state index contributed by atoms with van der Waals surface area (Å²) < 4.78 is 1.75. The Labute approximate surface area is 141 Å². The average molecular weight is 329 g/mol. The molecule has 0 saturated carbocycles. The second-order valence-corrected chi connectivity index (χ2v) is 6.57. The number of hydrogen-bond acceptors (Lipinski definition) is 4. The third-order valence-electron chi connectivity index (χ3n) is 4.63. The maximum atomic E-state index is 12.9. The van der Waals surface area contributed by atoms with Crippen LogP contribution in [-0.2, 0) is 4.79 Å². The van der Waals surface area contributed by atoms with Gasteiger partial charge in [0.05, 0.1) is 5.56 Å². The van der Waals surface area contributed by atoms with Gasteiger partial charge in [-0.3, -0.25) is 14.0 Å². The number of aromatic nitrogens is 3. The van der Waals surface area contributed by atoms with Crippen molar-refractivity contribution in [2.24, 2.45) is 5.92 Å². The summed E-state index contributed by atoms with van der Waals surface area (Å²) in [6.45, 7) is 1.46. The molecule has 7 nitrogen and oxygen atoms in total. The van der Waals surface area contributed by atoms with Gasteiger partial charge in [0.1, 0.15) is 6.33 Å². The number of piperidine rings is 1. The Hall–Kier alpha value is -2.44. The number of fused-ring (bicyclic) bond motifs is 1. The Kier molecular flexibility index (Phi) is 4.78. The zero-order valence-electron chi connectivity index (χ0n) is 14.2. The van der Waals surface area contributed by atoms with Crippen molar-refractivity contribution < 1.29 is 9.59 Å². The van der Waals surface area contributed by atoms with E-state index in [1.54, 1.807) is 35.8 Å². The van der Waals surface area contributed by atoms with Gasteiger partial charge in [0.25, 0.3) is 5.91 Å². The van der Waals surface area contributed by atoms with Crippen LogP contribution in [0.25, 0.3) is 5.65 Å². The van der Waals surface area contributed by atoms with Crippen LogP contribution in [0.15, 0.2) is 24.7 Å². The molecule has 1 aliphatic heterocycles. The fourth-order valence-corrected chi connectivity index (χ4v) is 3.22. The smallest absolute Gasteiger partial charge is 0.257 e. The van der Waals surface area contributed by atoms with Gasteiger partial charge in [0, 0.05) is 39.8 Å². The highest BCUT2D eigenvalue weighted by atomic mass is 16.2. The number of hydrogen-bond donors (Lipinski definition) is 0. The van der Waals surface area contributed by atoms with Crippen LogP contribution >= 0.6 is 0 Å². The molecule has 0 bridgehead atoms. The Morgan fingerprint density at radius 2 is 2.21 bits per heavy atom. The first-order chi connectivity index (χ1) is 11.6. The predicted molar refractivity (Wildman–Crippen MR) is 89.5 cm³/mol. The first kappa shape index (κ1) is 16.4. The Bertz CT molecular complexity index is 739. The van der Waals surface area contributed by atoms with E-state index in [4.69, 9.17) is 0 Å². The molecule has 0 unspecified atom stereocenters. The number of pyridine rings is 1. The van der Waals surface area contributed by atoms with E-state index in [1.807, 2.05) is 17.2 Å². The zero-order chi connectivity index (χ0) is 17.1. The number of likely N-dealkylation sites (tertiary alicyclic amines) is 1. The van der Waals surface area contributed by atoms with Gasteiger partial charge in [-0.25, -0.2) is 0 Å². The summed E-state index contributed by atoms with van der Waals surface area (Å²) in [6, 6.07) is 3.63. The lowest BCUT2D eigenvalue weighted by Crippen LogP contribution is -2.40. The molecule has 1 aliphatic rings. The van der Waals surface area contributed by atoms with Gasteiger partial charge in [-0.15, -0.1) is 10.2 Å². The number of carbonyl (C=O) groups is 2. The van der Waals surface area contributed by atoms with Crippen LogP contribution in [0, 0.1) is 5.92 Å². The minimum atomic E-state index is -0.00256. The van der Waals surface area contributed by atoms with E-state index < -0.39 is 0 Å². The fourth-order valence-electron chi connectivity index (χ4n) is 3.22. The molecule has 7 heteroatoms. The van der Waals surface area contributed by atoms with E-state index in [1.165, 1.54) is 0 Å². The minimum absolute atomic E-state index is 0.00256. The lowest BCUT2D eigenvalue weighted by atomic mass is 9.92. The second-order valence-electron chi connectivity index (χ2n) is 6.57. The molecule has 1 fully saturated rings. The van der Waals surface area contributed by atoms with Crippen molar-refractivity contribution in [2.75, 3.05) is 27.2 Å². The van der Waals surface area contributed by atoms with Crippen LogP contribution in [0.4, 0.5) is 0 Å². The molecule has 128 valence electrons. The summed E-state index contributed by atoms with van der Waals surface area (Å²) in [5, 5.41) is 7.92. The highest BCUT2D eigenvalue weighted by molar-refractivity contribution is 5.99. The van der Waals surface area contributed by atoms with Crippen molar-refractivity contribution in [2.45, 2.75) is 25.7 Å². The maximum absolute atomic E-state index is 12.9. The van der Waals surface area contributed by atoms with Crippen LogP contribution in [0.3, 0.4) is 0 Å². The summed E-state index contributed by atoms with van der Waals surface area (Å²) in [5.74, 6) is 0.521. The van der Waals surface area contributed by atoms with E-state index in [0.29, 0.717) is 30.1 Å². The number of carbonyl (C=O) groups excluding carboxylic acids is 2. The van der Waals surface area contributed by atoms with E-state index in [-0.39, 0.29) is 11.8 Å². The summed E-state index contributed by atoms with van der Waals surface area (Å²) in [4.78, 5) is 28.1. The van der Waals surface area contributed by atoms with Crippen molar-refractivity contribution >= 4 is 17.5 Å². The SMILES string of the molecule is CN(C)C(=O)CC[C@@H]1CCCN(C(=O)c2cccn3cnnc23)C1. The fraction of sp³-hybridized carbons (Fsp3) is 0.529. The highest BCUT2D eigenvalue weighted by Crippen LogP contribution is 2.23. The van der Waals surface area contributed by atoms with Gasteiger partial charge in [-0.1, -0.05) is 0 Å². The zero-order valence-corrected chi connectivity index (χ0v) is 14.2. The molecule has 2 amide bonds. The summed E-state index contributed by atoms with van der Waals surface area (Å²) in [7, 11) is 3.55. The summed E-state index contributed by atoms with van der Waals surface area (Å²) in [5.41, 5.74) is 1.17. The number of nitrogens with zero attached hydrogens (tertiary/aromatic N) is 5. The summed E-state index contributed by atoms with van der Waals surface area (Å²) in [6.07, 6.45) is 6.84. The molecule has 2 aromatic rings. The average Bonchev–Trinajstić information content (AvgIpc) is 3.07. The van der Waals surface area contributed by atoms with Gasteiger partial charge in [-0.2, -0.15) is 0 Å². The minimum Gasteiger partial charge on any atom is -0.349 e. The molecule has 24 heavy (non-hydrogen) atoms. The van der Waals surface area contributed by atoms with E-state index in [2.05, 4.69) is 10.2 Å². The molecule has 3 heterocycles. The molecule has 2 aromatic heterocycles. The van der Waals surface area contributed by atoms with Crippen LogP contribution in [0.2, 0.25) is 0 Å². The van der Waals surface area contributed by atoms with Crippen molar-refractivity contribution in [3.63, 3.8) is 0 Å². The quantitative estimate of drug-likeness (QED) is 0.851. The van der Waals surface area contributed by atoms with Gasteiger partial charge in [0.15, 0.2) is 5.65 Å². The van der Waals surface area contributed by atoms with Crippen LogP contribution < -0.4 is 0 Å². The largest absolute Gasteiger partial charge is 0.349 e. The molecule has 3 rings (SSSR count). The molecule has 0 spiro atoms. The summed E-state index contributed by atoms with van der Waals surface area (Å²) >= 11 is 0. The third-order valence-corrected chi connectivity index (χ3v) is 4.63. The molecular formula is C17H23N5O2. The topological polar surface area (TPSA) is 70.8 Å². The first-order valence-electron chi connectivity index (χ1n) is 8.34. The Morgan fingerprint density at radius 3 is 3.00 bits per heavy atom.